The lowest BCUT2D eigenvalue weighted by Gasteiger charge is -2.36. The lowest BCUT2D eigenvalue weighted by molar-refractivity contribution is -0.128. The Morgan fingerprint density at radius 2 is 1.71 bits per heavy atom. The lowest BCUT2D eigenvalue weighted by atomic mass is 10.2. The zero-order valence-corrected chi connectivity index (χ0v) is 19.5. The minimum Gasteiger partial charge on any atom is -0.380 e. The quantitative estimate of drug-likeness (QED) is 0.428. The topological polar surface area (TPSA) is 104 Å². The van der Waals surface area contributed by atoms with Crippen molar-refractivity contribution in [3.8, 4) is 0 Å². The van der Waals surface area contributed by atoms with Gasteiger partial charge >= 0.3 is 0 Å². The fraction of sp³-hybridized carbons (Fsp3) is 0.240. The summed E-state index contributed by atoms with van der Waals surface area (Å²) in [5.74, 6) is 0.0693. The molecule has 0 bridgehead atoms. The number of rotatable bonds is 8. The van der Waals surface area contributed by atoms with Gasteiger partial charge in [-0.1, -0.05) is 30.3 Å². The SMILES string of the molecule is NC(=O)c1cnc(Nc2ccc(N3CCN(C(=O)CCl)CC3)cc2)cc1NCc1ccccc1. The van der Waals surface area contributed by atoms with Gasteiger partial charge in [-0.25, -0.2) is 4.98 Å². The van der Waals surface area contributed by atoms with Gasteiger partial charge in [0, 0.05) is 56.4 Å². The number of benzene rings is 2. The Kier molecular flexibility index (Phi) is 7.49. The van der Waals surface area contributed by atoms with Gasteiger partial charge in [-0.05, 0) is 29.8 Å². The molecule has 8 nitrogen and oxygen atoms in total. The fourth-order valence-electron chi connectivity index (χ4n) is 3.86. The molecule has 0 radical (unpaired) electrons. The summed E-state index contributed by atoms with van der Waals surface area (Å²) in [6, 6.07) is 19.7. The second-order valence-electron chi connectivity index (χ2n) is 7.99. The van der Waals surface area contributed by atoms with Crippen LogP contribution in [0.25, 0.3) is 0 Å². The van der Waals surface area contributed by atoms with Crippen molar-refractivity contribution in [3.63, 3.8) is 0 Å². The summed E-state index contributed by atoms with van der Waals surface area (Å²) in [5.41, 5.74) is 9.54. The number of primary amides is 1. The number of alkyl halides is 1. The lowest BCUT2D eigenvalue weighted by Crippen LogP contribution is -2.49. The summed E-state index contributed by atoms with van der Waals surface area (Å²) >= 11 is 5.66. The number of hydrogen-bond acceptors (Lipinski definition) is 6. The van der Waals surface area contributed by atoms with Crippen LogP contribution >= 0.6 is 11.6 Å². The third-order valence-electron chi connectivity index (χ3n) is 5.75. The summed E-state index contributed by atoms with van der Waals surface area (Å²) < 4.78 is 0. The van der Waals surface area contributed by atoms with E-state index in [9.17, 15) is 9.59 Å². The number of carbonyl (C=O) groups is 2. The van der Waals surface area contributed by atoms with Crippen LogP contribution in [0.15, 0.2) is 66.9 Å². The van der Waals surface area contributed by atoms with Gasteiger partial charge in [-0.15, -0.1) is 11.6 Å². The second-order valence-corrected chi connectivity index (χ2v) is 8.26. The maximum atomic E-state index is 11.9. The minimum atomic E-state index is -0.535. The van der Waals surface area contributed by atoms with Crippen LogP contribution in [0.3, 0.4) is 0 Å². The van der Waals surface area contributed by atoms with Gasteiger partial charge < -0.3 is 26.2 Å². The van der Waals surface area contributed by atoms with E-state index >= 15 is 0 Å². The maximum absolute atomic E-state index is 11.9. The Bertz CT molecular complexity index is 1130. The first-order valence-corrected chi connectivity index (χ1v) is 11.6. The molecule has 4 N–H and O–H groups in total. The molecule has 1 aromatic heterocycles. The van der Waals surface area contributed by atoms with E-state index in [2.05, 4.69) is 20.5 Å². The molecule has 9 heteroatoms. The highest BCUT2D eigenvalue weighted by molar-refractivity contribution is 6.27. The highest BCUT2D eigenvalue weighted by Crippen LogP contribution is 2.24. The monoisotopic (exact) mass is 478 g/mol. The van der Waals surface area contributed by atoms with E-state index in [-0.39, 0.29) is 11.8 Å². The third kappa shape index (κ3) is 5.77. The third-order valence-corrected chi connectivity index (χ3v) is 5.98. The van der Waals surface area contributed by atoms with Crippen LogP contribution in [0.5, 0.6) is 0 Å². The summed E-state index contributed by atoms with van der Waals surface area (Å²) in [5, 5.41) is 6.56. The minimum absolute atomic E-state index is 0.0200. The van der Waals surface area contributed by atoms with E-state index in [1.165, 1.54) is 6.20 Å². The summed E-state index contributed by atoms with van der Waals surface area (Å²) in [7, 11) is 0. The number of anilines is 4. The molecule has 2 amide bonds. The molecule has 1 saturated heterocycles. The van der Waals surface area contributed by atoms with E-state index in [1.807, 2.05) is 54.6 Å². The summed E-state index contributed by atoms with van der Waals surface area (Å²) in [6.07, 6.45) is 1.48. The van der Waals surface area contributed by atoms with Gasteiger partial charge in [-0.2, -0.15) is 0 Å². The maximum Gasteiger partial charge on any atom is 0.252 e. The first-order valence-electron chi connectivity index (χ1n) is 11.1. The molecule has 0 spiro atoms. The predicted molar refractivity (Wildman–Crippen MR) is 136 cm³/mol. The number of carbonyl (C=O) groups excluding carboxylic acids is 2. The van der Waals surface area contributed by atoms with Crippen molar-refractivity contribution >= 4 is 46.3 Å². The number of nitrogens with two attached hydrogens (primary N) is 1. The summed E-state index contributed by atoms with van der Waals surface area (Å²) in [6.45, 7) is 3.42. The highest BCUT2D eigenvalue weighted by Gasteiger charge is 2.20. The number of nitrogens with one attached hydrogen (secondary N) is 2. The van der Waals surface area contributed by atoms with Crippen molar-refractivity contribution in [1.29, 1.82) is 0 Å². The van der Waals surface area contributed by atoms with E-state index in [4.69, 9.17) is 17.3 Å². The number of hydrogen-bond donors (Lipinski definition) is 3. The van der Waals surface area contributed by atoms with E-state index in [0.717, 1.165) is 30.0 Å². The van der Waals surface area contributed by atoms with Crippen molar-refractivity contribution in [1.82, 2.24) is 9.88 Å². The fourth-order valence-corrected chi connectivity index (χ4v) is 4.03. The highest BCUT2D eigenvalue weighted by atomic mass is 35.5. The van der Waals surface area contributed by atoms with Crippen LogP contribution < -0.4 is 21.3 Å². The standard InChI is InChI=1S/C25H27ClN6O2/c26-15-24(33)32-12-10-31(11-13-32)20-8-6-19(7-9-20)30-23-14-22(21(17-29-23)25(27)34)28-16-18-4-2-1-3-5-18/h1-9,14,17H,10-13,15-16H2,(H2,27,34)(H2,28,29,30). The largest absolute Gasteiger partial charge is 0.380 e. The van der Waals surface area contributed by atoms with Gasteiger partial charge in [0.2, 0.25) is 5.91 Å². The molecule has 4 rings (SSSR count). The molecular formula is C25H27ClN6O2. The number of amides is 2. The van der Waals surface area contributed by atoms with Crippen molar-refractivity contribution in [3.05, 3.63) is 78.0 Å². The Labute approximate surface area is 203 Å². The van der Waals surface area contributed by atoms with Gasteiger partial charge in [0.05, 0.1) is 11.3 Å². The van der Waals surface area contributed by atoms with Crippen molar-refractivity contribution in [2.75, 3.05) is 47.6 Å². The molecule has 2 heterocycles. The summed E-state index contributed by atoms with van der Waals surface area (Å²) in [4.78, 5) is 32.0. The zero-order chi connectivity index (χ0) is 23.9. The Balaban J connectivity index is 1.41. The molecule has 0 aliphatic carbocycles. The molecule has 1 aliphatic rings. The molecule has 0 saturated carbocycles. The molecule has 2 aromatic carbocycles. The number of halogens is 1. The normalized spacial score (nSPS) is 13.4. The van der Waals surface area contributed by atoms with Gasteiger partial charge in [0.25, 0.3) is 5.91 Å². The van der Waals surface area contributed by atoms with Gasteiger partial charge in [-0.3, -0.25) is 9.59 Å². The number of aromatic nitrogens is 1. The molecule has 176 valence electrons. The second kappa shape index (κ2) is 10.9. The average molecular weight is 479 g/mol. The Hall–Kier alpha value is -3.78. The predicted octanol–water partition coefficient (Wildman–Crippen LogP) is 3.42. The first-order chi connectivity index (χ1) is 16.5. The van der Waals surface area contributed by atoms with E-state index < -0.39 is 5.91 Å². The Morgan fingerprint density at radius 1 is 1.00 bits per heavy atom. The smallest absolute Gasteiger partial charge is 0.252 e. The van der Waals surface area contributed by atoms with Crippen LogP contribution in [-0.4, -0.2) is 53.8 Å². The van der Waals surface area contributed by atoms with Crippen molar-refractivity contribution in [2.24, 2.45) is 5.73 Å². The average Bonchev–Trinajstić information content (AvgIpc) is 2.88. The van der Waals surface area contributed by atoms with Crippen LogP contribution in [0.2, 0.25) is 0 Å². The Morgan fingerprint density at radius 3 is 2.35 bits per heavy atom. The van der Waals surface area contributed by atoms with Crippen molar-refractivity contribution in [2.45, 2.75) is 6.54 Å². The van der Waals surface area contributed by atoms with Gasteiger partial charge in [0.1, 0.15) is 11.7 Å². The molecule has 3 aromatic rings. The van der Waals surface area contributed by atoms with Crippen molar-refractivity contribution < 1.29 is 9.59 Å². The van der Waals surface area contributed by atoms with Crippen LogP contribution in [0.1, 0.15) is 15.9 Å². The zero-order valence-electron chi connectivity index (χ0n) is 18.7. The molecule has 1 fully saturated rings. The van der Waals surface area contributed by atoms with Gasteiger partial charge in [0.15, 0.2) is 0 Å². The van der Waals surface area contributed by atoms with E-state index in [0.29, 0.717) is 36.7 Å². The molecule has 0 unspecified atom stereocenters. The number of piperazine rings is 1. The van der Waals surface area contributed by atoms with Crippen LogP contribution in [0, 0.1) is 0 Å². The molecule has 1 aliphatic heterocycles. The number of nitrogens with zero attached hydrogens (tertiary/aromatic N) is 3. The van der Waals surface area contributed by atoms with E-state index in [1.54, 1.807) is 11.0 Å². The molecule has 34 heavy (non-hydrogen) atoms. The molecular weight excluding hydrogens is 452 g/mol. The first kappa shape index (κ1) is 23.4. The number of pyridine rings is 1. The van der Waals surface area contributed by atoms with Crippen LogP contribution in [0.4, 0.5) is 22.9 Å². The van der Waals surface area contributed by atoms with Crippen LogP contribution in [-0.2, 0) is 11.3 Å². The molecule has 0 atom stereocenters.